The first-order valence-corrected chi connectivity index (χ1v) is 7.80. The van der Waals surface area contributed by atoms with Crippen LogP contribution in [0.3, 0.4) is 0 Å². The molecule has 0 bridgehead atoms. The van der Waals surface area contributed by atoms with Crippen molar-refractivity contribution < 1.29 is 4.42 Å². The van der Waals surface area contributed by atoms with E-state index in [1.807, 2.05) is 24.3 Å². The van der Waals surface area contributed by atoms with Crippen molar-refractivity contribution in [3.05, 3.63) is 30.2 Å². The van der Waals surface area contributed by atoms with E-state index in [1.165, 1.54) is 12.8 Å². The standard InChI is InChI=1S/C17H26N2O/c1-4-10-18-14(11-13(3)5-2)12-17-19-15-8-6-7-9-16(15)20-17/h6-9,13-14,18H,4-5,10-12H2,1-3H3. The summed E-state index contributed by atoms with van der Waals surface area (Å²) >= 11 is 0. The molecule has 0 aliphatic carbocycles. The van der Waals surface area contributed by atoms with Crippen molar-refractivity contribution in [3.63, 3.8) is 0 Å². The van der Waals surface area contributed by atoms with Gasteiger partial charge in [-0.25, -0.2) is 4.98 Å². The normalized spacial score (nSPS) is 14.6. The van der Waals surface area contributed by atoms with E-state index in [-0.39, 0.29) is 0 Å². The third-order valence-corrected chi connectivity index (χ3v) is 3.83. The van der Waals surface area contributed by atoms with Crippen molar-refractivity contribution in [2.45, 2.75) is 52.5 Å². The number of nitrogens with zero attached hydrogens (tertiary/aromatic N) is 1. The van der Waals surface area contributed by atoms with Crippen LogP contribution >= 0.6 is 0 Å². The summed E-state index contributed by atoms with van der Waals surface area (Å²) < 4.78 is 5.84. The minimum atomic E-state index is 0.456. The van der Waals surface area contributed by atoms with Gasteiger partial charge in [-0.15, -0.1) is 0 Å². The van der Waals surface area contributed by atoms with Crippen LogP contribution in [0.25, 0.3) is 11.1 Å². The zero-order valence-corrected chi connectivity index (χ0v) is 12.9. The Hall–Kier alpha value is -1.35. The van der Waals surface area contributed by atoms with Gasteiger partial charge in [0, 0.05) is 12.5 Å². The van der Waals surface area contributed by atoms with Crippen LogP contribution in [0.1, 0.15) is 45.9 Å². The lowest BCUT2D eigenvalue weighted by Crippen LogP contribution is -2.33. The van der Waals surface area contributed by atoms with Crippen LogP contribution in [0.5, 0.6) is 0 Å². The molecule has 1 aromatic carbocycles. The maximum atomic E-state index is 5.84. The number of hydrogen-bond acceptors (Lipinski definition) is 3. The Bertz CT molecular complexity index is 487. The minimum Gasteiger partial charge on any atom is -0.441 e. The molecule has 0 aliphatic rings. The Morgan fingerprint density at radius 3 is 2.75 bits per heavy atom. The summed E-state index contributed by atoms with van der Waals surface area (Å²) in [7, 11) is 0. The van der Waals surface area contributed by atoms with E-state index in [0.717, 1.165) is 42.3 Å². The zero-order chi connectivity index (χ0) is 14.4. The van der Waals surface area contributed by atoms with Gasteiger partial charge >= 0.3 is 0 Å². The molecule has 1 N–H and O–H groups in total. The van der Waals surface area contributed by atoms with Crippen LogP contribution in [-0.2, 0) is 6.42 Å². The van der Waals surface area contributed by atoms with Gasteiger partial charge in [0.2, 0.25) is 0 Å². The van der Waals surface area contributed by atoms with Gasteiger partial charge < -0.3 is 9.73 Å². The first kappa shape index (κ1) is 15.0. The predicted molar refractivity (Wildman–Crippen MR) is 83.9 cm³/mol. The third kappa shape index (κ3) is 4.07. The fourth-order valence-electron chi connectivity index (χ4n) is 2.46. The fourth-order valence-corrected chi connectivity index (χ4v) is 2.46. The number of nitrogens with one attached hydrogen (secondary N) is 1. The topological polar surface area (TPSA) is 38.1 Å². The van der Waals surface area contributed by atoms with Crippen molar-refractivity contribution in [1.29, 1.82) is 0 Å². The summed E-state index contributed by atoms with van der Waals surface area (Å²) in [5, 5.41) is 3.63. The van der Waals surface area contributed by atoms with E-state index in [4.69, 9.17) is 4.42 Å². The van der Waals surface area contributed by atoms with Crippen LogP contribution in [0.4, 0.5) is 0 Å². The maximum absolute atomic E-state index is 5.84. The molecule has 0 saturated heterocycles. The number of fused-ring (bicyclic) bond motifs is 1. The first-order chi connectivity index (χ1) is 9.72. The van der Waals surface area contributed by atoms with Crippen LogP contribution in [-0.4, -0.2) is 17.6 Å². The number of hydrogen-bond donors (Lipinski definition) is 1. The summed E-state index contributed by atoms with van der Waals surface area (Å²) in [6, 6.07) is 8.43. The second kappa shape index (κ2) is 7.44. The van der Waals surface area contributed by atoms with Crippen molar-refractivity contribution >= 4 is 11.1 Å². The highest BCUT2D eigenvalue weighted by Crippen LogP contribution is 2.18. The van der Waals surface area contributed by atoms with Crippen molar-refractivity contribution in [1.82, 2.24) is 10.3 Å². The predicted octanol–water partition coefficient (Wildman–Crippen LogP) is 4.17. The molecule has 2 aromatic rings. The Morgan fingerprint density at radius 2 is 2.05 bits per heavy atom. The molecule has 1 heterocycles. The molecule has 2 rings (SSSR count). The lowest BCUT2D eigenvalue weighted by Gasteiger charge is -2.20. The molecule has 1 aromatic heterocycles. The molecular weight excluding hydrogens is 248 g/mol. The van der Waals surface area contributed by atoms with Gasteiger partial charge in [-0.1, -0.05) is 39.3 Å². The molecule has 0 spiro atoms. The van der Waals surface area contributed by atoms with Crippen LogP contribution in [0, 0.1) is 5.92 Å². The Morgan fingerprint density at radius 1 is 1.25 bits per heavy atom. The number of para-hydroxylation sites is 2. The smallest absolute Gasteiger partial charge is 0.197 e. The van der Waals surface area contributed by atoms with E-state index in [2.05, 4.69) is 31.1 Å². The summed E-state index contributed by atoms with van der Waals surface area (Å²) in [6.07, 6.45) is 4.43. The van der Waals surface area contributed by atoms with Crippen molar-refractivity contribution in [3.8, 4) is 0 Å². The average Bonchev–Trinajstić information content (AvgIpc) is 2.86. The highest BCUT2D eigenvalue weighted by molar-refractivity contribution is 5.72. The molecule has 110 valence electrons. The molecular formula is C17H26N2O. The Labute approximate surface area is 121 Å². The van der Waals surface area contributed by atoms with Crippen LogP contribution < -0.4 is 5.32 Å². The third-order valence-electron chi connectivity index (χ3n) is 3.83. The summed E-state index contributed by atoms with van der Waals surface area (Å²) in [5.74, 6) is 1.58. The number of rotatable bonds is 8. The maximum Gasteiger partial charge on any atom is 0.197 e. The molecule has 2 atom stereocenters. The van der Waals surface area contributed by atoms with Gasteiger partial charge in [-0.3, -0.25) is 0 Å². The molecule has 3 nitrogen and oxygen atoms in total. The molecule has 0 saturated carbocycles. The van der Waals surface area contributed by atoms with Crippen molar-refractivity contribution in [2.75, 3.05) is 6.54 Å². The van der Waals surface area contributed by atoms with Gasteiger partial charge in [0.05, 0.1) is 0 Å². The molecule has 20 heavy (non-hydrogen) atoms. The molecule has 0 aliphatic heterocycles. The van der Waals surface area contributed by atoms with Gasteiger partial charge in [0.15, 0.2) is 11.5 Å². The molecule has 0 radical (unpaired) electrons. The van der Waals surface area contributed by atoms with Crippen LogP contribution in [0.15, 0.2) is 28.7 Å². The lowest BCUT2D eigenvalue weighted by molar-refractivity contribution is 0.368. The molecule has 2 unspecified atom stereocenters. The summed E-state index contributed by atoms with van der Waals surface area (Å²) in [6.45, 7) is 7.82. The zero-order valence-electron chi connectivity index (χ0n) is 12.9. The number of oxazole rings is 1. The highest BCUT2D eigenvalue weighted by Gasteiger charge is 2.15. The van der Waals surface area contributed by atoms with Gasteiger partial charge in [0.1, 0.15) is 5.52 Å². The Kier molecular flexibility index (Phi) is 5.60. The lowest BCUT2D eigenvalue weighted by atomic mass is 9.97. The minimum absolute atomic E-state index is 0.456. The number of aromatic nitrogens is 1. The first-order valence-electron chi connectivity index (χ1n) is 7.80. The van der Waals surface area contributed by atoms with E-state index in [9.17, 15) is 0 Å². The molecule has 0 fully saturated rings. The SMILES string of the molecule is CCCNC(Cc1nc2ccccc2o1)CC(C)CC. The van der Waals surface area contributed by atoms with E-state index < -0.39 is 0 Å². The molecule has 3 heteroatoms. The van der Waals surface area contributed by atoms with Gasteiger partial charge in [0.25, 0.3) is 0 Å². The Balaban J connectivity index is 2.05. The molecule has 0 amide bonds. The van der Waals surface area contributed by atoms with Crippen molar-refractivity contribution in [2.24, 2.45) is 5.92 Å². The van der Waals surface area contributed by atoms with Gasteiger partial charge in [-0.05, 0) is 37.4 Å². The highest BCUT2D eigenvalue weighted by atomic mass is 16.3. The largest absolute Gasteiger partial charge is 0.441 e. The van der Waals surface area contributed by atoms with E-state index >= 15 is 0 Å². The average molecular weight is 274 g/mol. The van der Waals surface area contributed by atoms with E-state index in [0.29, 0.717) is 6.04 Å². The fraction of sp³-hybridized carbons (Fsp3) is 0.588. The summed E-state index contributed by atoms with van der Waals surface area (Å²) in [4.78, 5) is 4.59. The van der Waals surface area contributed by atoms with Gasteiger partial charge in [-0.2, -0.15) is 0 Å². The summed E-state index contributed by atoms with van der Waals surface area (Å²) in [5.41, 5.74) is 1.85. The number of benzene rings is 1. The second-order valence-electron chi connectivity index (χ2n) is 5.68. The monoisotopic (exact) mass is 274 g/mol. The quantitative estimate of drug-likeness (QED) is 0.785. The van der Waals surface area contributed by atoms with Crippen LogP contribution in [0.2, 0.25) is 0 Å². The van der Waals surface area contributed by atoms with E-state index in [1.54, 1.807) is 0 Å². The second-order valence-corrected chi connectivity index (χ2v) is 5.68.